The highest BCUT2D eigenvalue weighted by atomic mass is 32.2. The number of sulfone groups is 1. The Morgan fingerprint density at radius 1 is 1.23 bits per heavy atom. The van der Waals surface area contributed by atoms with Gasteiger partial charge in [0.05, 0.1) is 22.9 Å². The summed E-state index contributed by atoms with van der Waals surface area (Å²) in [6.45, 7) is 0. The predicted octanol–water partition coefficient (Wildman–Crippen LogP) is 3.27. The second-order valence-electron chi connectivity index (χ2n) is 6.92. The number of nitrogens with zero attached hydrogens (tertiary/aromatic N) is 3. The van der Waals surface area contributed by atoms with Crippen LogP contribution in [0.15, 0.2) is 35.4 Å². The lowest BCUT2D eigenvalue weighted by atomic mass is 9.85. The molecule has 1 aromatic carbocycles. The molecule has 1 saturated carbocycles. The van der Waals surface area contributed by atoms with E-state index in [0.717, 1.165) is 37.1 Å². The Bertz CT molecular complexity index is 1090. The number of rotatable bonds is 5. The number of primary amides is 1. The van der Waals surface area contributed by atoms with Crippen molar-refractivity contribution in [2.75, 3.05) is 5.32 Å². The first-order valence-electron chi connectivity index (χ1n) is 9.01. The number of amides is 1. The topological polar surface area (TPSA) is 131 Å². The molecule has 0 aliphatic heterocycles. The van der Waals surface area contributed by atoms with Gasteiger partial charge in [0.25, 0.3) is 15.7 Å². The molecule has 2 aromatic rings. The lowest BCUT2D eigenvalue weighted by molar-refractivity contribution is -0.0436. The zero-order valence-electron chi connectivity index (χ0n) is 15.6. The van der Waals surface area contributed by atoms with Crippen molar-refractivity contribution < 1.29 is 26.4 Å². The number of nitriles is 1. The lowest BCUT2D eigenvalue weighted by Crippen LogP contribution is -2.23. The summed E-state index contributed by atoms with van der Waals surface area (Å²) >= 11 is 0. The van der Waals surface area contributed by atoms with Gasteiger partial charge in [-0.05, 0) is 37.1 Å². The number of nitrogens with two attached hydrogens (primary N) is 1. The molecule has 0 radical (unpaired) electrons. The van der Waals surface area contributed by atoms with Crippen molar-refractivity contribution in [3.8, 4) is 6.07 Å². The molecule has 3 rings (SSSR count). The van der Waals surface area contributed by atoms with Crippen molar-refractivity contribution in [3.63, 3.8) is 0 Å². The number of carbonyl (C=O) groups excluding carboxylic acids is 1. The first-order chi connectivity index (χ1) is 14.0. The number of alkyl halides is 3. The maximum atomic E-state index is 12.7. The molecule has 1 aliphatic carbocycles. The molecule has 1 fully saturated rings. The highest BCUT2D eigenvalue weighted by Crippen LogP contribution is 2.35. The number of nitrogens with one attached hydrogen (secondary N) is 1. The Morgan fingerprint density at radius 2 is 1.87 bits per heavy atom. The minimum absolute atomic E-state index is 0.0456. The third-order valence-corrected chi connectivity index (χ3v) is 6.47. The summed E-state index contributed by atoms with van der Waals surface area (Å²) in [6.07, 6.45) is 4.70. The number of aromatic nitrogens is 2. The normalized spacial score (nSPS) is 19.8. The summed E-state index contributed by atoms with van der Waals surface area (Å²) in [5.74, 6) is -0.973. The molecular formula is C18H18F3N5O3S. The number of halogens is 3. The molecule has 1 amide bonds. The predicted molar refractivity (Wildman–Crippen MR) is 100 cm³/mol. The van der Waals surface area contributed by atoms with E-state index in [9.17, 15) is 31.6 Å². The van der Waals surface area contributed by atoms with Gasteiger partial charge in [0.1, 0.15) is 5.56 Å². The molecule has 0 bridgehead atoms. The number of hydrogen-bond acceptors (Lipinski definition) is 6. The highest BCUT2D eigenvalue weighted by molar-refractivity contribution is 7.92. The average molecular weight is 441 g/mol. The second kappa shape index (κ2) is 7.98. The first-order valence-corrected chi connectivity index (χ1v) is 10.5. The van der Waals surface area contributed by atoms with Gasteiger partial charge in [-0.3, -0.25) is 9.48 Å². The quantitative estimate of drug-likeness (QED) is 0.732. The number of anilines is 2. The highest BCUT2D eigenvalue weighted by Gasteiger charge is 2.46. The van der Waals surface area contributed by atoms with Crippen molar-refractivity contribution >= 4 is 27.2 Å². The van der Waals surface area contributed by atoms with E-state index in [2.05, 4.69) is 16.5 Å². The third-order valence-electron chi connectivity index (χ3n) is 4.96. The van der Waals surface area contributed by atoms with Crippen LogP contribution in [0.2, 0.25) is 0 Å². The van der Waals surface area contributed by atoms with Crippen molar-refractivity contribution in [1.29, 1.82) is 5.26 Å². The maximum absolute atomic E-state index is 12.7. The van der Waals surface area contributed by atoms with Crippen LogP contribution < -0.4 is 11.1 Å². The molecule has 1 heterocycles. The summed E-state index contributed by atoms with van der Waals surface area (Å²) in [7, 11) is -5.46. The molecule has 2 atom stereocenters. The van der Waals surface area contributed by atoms with Crippen LogP contribution in [0.1, 0.15) is 42.1 Å². The van der Waals surface area contributed by atoms with E-state index < -0.39 is 26.1 Å². The van der Waals surface area contributed by atoms with Crippen LogP contribution >= 0.6 is 0 Å². The third kappa shape index (κ3) is 4.11. The smallest absolute Gasteiger partial charge is 0.365 e. The Labute approximate surface area is 170 Å². The molecule has 3 N–H and O–H groups in total. The summed E-state index contributed by atoms with van der Waals surface area (Å²) in [4.78, 5) is 10.9. The van der Waals surface area contributed by atoms with Gasteiger partial charge in [-0.25, -0.2) is 8.42 Å². The van der Waals surface area contributed by atoms with Gasteiger partial charge >= 0.3 is 5.51 Å². The van der Waals surface area contributed by atoms with Crippen LogP contribution in [0.4, 0.5) is 24.7 Å². The fraction of sp³-hybridized carbons (Fsp3) is 0.389. The van der Waals surface area contributed by atoms with Gasteiger partial charge in [-0.1, -0.05) is 12.8 Å². The van der Waals surface area contributed by atoms with E-state index >= 15 is 0 Å². The molecule has 2 unspecified atom stereocenters. The summed E-state index contributed by atoms with van der Waals surface area (Å²) < 4.78 is 62.4. The first kappa shape index (κ1) is 21.6. The lowest BCUT2D eigenvalue weighted by Gasteiger charge is -2.26. The molecule has 0 spiro atoms. The number of carbonyl (C=O) groups is 1. The van der Waals surface area contributed by atoms with Gasteiger partial charge in [0.2, 0.25) is 0 Å². The molecule has 30 heavy (non-hydrogen) atoms. The van der Waals surface area contributed by atoms with Crippen LogP contribution in [0.25, 0.3) is 0 Å². The van der Waals surface area contributed by atoms with E-state index in [1.807, 2.05) is 0 Å². The second-order valence-corrected chi connectivity index (χ2v) is 8.86. The largest absolute Gasteiger partial charge is 0.501 e. The monoisotopic (exact) mass is 441 g/mol. The molecule has 1 aromatic heterocycles. The molecule has 12 heteroatoms. The number of hydrogen-bond donors (Lipinski definition) is 2. The van der Waals surface area contributed by atoms with Crippen LogP contribution in [0, 0.1) is 17.2 Å². The van der Waals surface area contributed by atoms with Gasteiger partial charge in [0.15, 0.2) is 5.82 Å². The zero-order valence-corrected chi connectivity index (χ0v) is 16.4. The minimum Gasteiger partial charge on any atom is -0.365 e. The summed E-state index contributed by atoms with van der Waals surface area (Å²) in [5.41, 5.74) is 0.258. The zero-order chi connectivity index (χ0) is 22.1. The van der Waals surface area contributed by atoms with Crippen LogP contribution in [-0.4, -0.2) is 29.6 Å². The van der Waals surface area contributed by atoms with E-state index in [1.54, 1.807) is 0 Å². The standard InChI is InChI=1S/C18H18F3N5O3S/c19-18(20,21)30(28,29)13-7-5-12(6-8-13)24-17-14(16(23)27)10-26(25-17)15-4-2-1-3-11(15)9-22/h5-8,10-11,15H,1-4H2,(H2,23,27)(H,24,25). The van der Waals surface area contributed by atoms with Crippen LogP contribution in [0.5, 0.6) is 0 Å². The Balaban J connectivity index is 1.89. The molecule has 8 nitrogen and oxygen atoms in total. The Hall–Kier alpha value is -3.07. The average Bonchev–Trinajstić information content (AvgIpc) is 3.11. The molecular weight excluding hydrogens is 423 g/mol. The van der Waals surface area contributed by atoms with E-state index in [1.165, 1.54) is 10.9 Å². The fourth-order valence-electron chi connectivity index (χ4n) is 3.40. The summed E-state index contributed by atoms with van der Waals surface area (Å²) in [6, 6.07) is 5.88. The van der Waals surface area contributed by atoms with Crippen LogP contribution in [-0.2, 0) is 9.84 Å². The van der Waals surface area contributed by atoms with Crippen molar-refractivity contribution in [1.82, 2.24) is 9.78 Å². The SMILES string of the molecule is N#CC1CCCCC1n1cc(C(N)=O)c(Nc2ccc(S(=O)(=O)C(F)(F)F)cc2)n1. The molecule has 160 valence electrons. The van der Waals surface area contributed by atoms with Gasteiger partial charge < -0.3 is 11.1 Å². The van der Waals surface area contributed by atoms with Gasteiger partial charge in [-0.2, -0.15) is 23.5 Å². The maximum Gasteiger partial charge on any atom is 0.501 e. The van der Waals surface area contributed by atoms with Gasteiger partial charge in [-0.15, -0.1) is 0 Å². The Morgan fingerprint density at radius 3 is 2.43 bits per heavy atom. The van der Waals surface area contributed by atoms with Crippen molar-refractivity contribution in [2.45, 2.75) is 42.1 Å². The number of benzene rings is 1. The van der Waals surface area contributed by atoms with Crippen molar-refractivity contribution in [3.05, 3.63) is 36.0 Å². The Kier molecular flexibility index (Phi) is 5.76. The van der Waals surface area contributed by atoms with E-state index in [0.29, 0.717) is 12.8 Å². The molecule has 1 aliphatic rings. The minimum atomic E-state index is -5.46. The van der Waals surface area contributed by atoms with E-state index in [-0.39, 0.29) is 29.0 Å². The van der Waals surface area contributed by atoms with Crippen molar-refractivity contribution in [2.24, 2.45) is 11.7 Å². The van der Waals surface area contributed by atoms with Gasteiger partial charge in [0, 0.05) is 11.9 Å². The van der Waals surface area contributed by atoms with E-state index in [4.69, 9.17) is 5.73 Å². The van der Waals surface area contributed by atoms with Crippen LogP contribution in [0.3, 0.4) is 0 Å². The fourth-order valence-corrected chi connectivity index (χ4v) is 4.16. The summed E-state index contributed by atoms with van der Waals surface area (Å²) in [5, 5.41) is 16.5. The molecule has 0 saturated heterocycles.